The van der Waals surface area contributed by atoms with Crippen molar-refractivity contribution in [2.75, 3.05) is 18.0 Å². The number of aryl methyl sites for hydroxylation is 2. The molecule has 0 spiro atoms. The van der Waals surface area contributed by atoms with Crippen molar-refractivity contribution >= 4 is 28.5 Å². The first-order valence-electron chi connectivity index (χ1n) is 8.91. The van der Waals surface area contributed by atoms with Crippen molar-refractivity contribution in [2.24, 2.45) is 12.0 Å². The Morgan fingerprint density at radius 1 is 0.962 bits per heavy atom. The van der Waals surface area contributed by atoms with Crippen LogP contribution in [-0.2, 0) is 7.05 Å². The number of hydrogen-bond acceptors (Lipinski definition) is 2. The van der Waals surface area contributed by atoms with Crippen molar-refractivity contribution in [3.63, 3.8) is 0 Å². The van der Waals surface area contributed by atoms with Gasteiger partial charge in [0.05, 0.1) is 11.9 Å². The van der Waals surface area contributed by atoms with Gasteiger partial charge in [0.15, 0.2) is 0 Å². The summed E-state index contributed by atoms with van der Waals surface area (Å²) in [6.45, 7) is 8.52. The van der Waals surface area contributed by atoms with Crippen LogP contribution in [0.15, 0.2) is 59.6 Å². The first kappa shape index (κ1) is 19.9. The molecule has 0 amide bonds. The number of rotatable bonds is 5. The van der Waals surface area contributed by atoms with Crippen LogP contribution in [0.2, 0.25) is 0 Å². The zero-order chi connectivity index (χ0) is 17.8. The van der Waals surface area contributed by atoms with Crippen LogP contribution in [0, 0.1) is 6.92 Å². The van der Waals surface area contributed by atoms with Gasteiger partial charge >= 0.3 is 0 Å². The molecular formula is C22H26ClN3. The summed E-state index contributed by atoms with van der Waals surface area (Å²) in [5.41, 5.74) is 5.80. The Kier molecular flexibility index (Phi) is 6.76. The van der Waals surface area contributed by atoms with Crippen LogP contribution in [0.3, 0.4) is 0 Å². The molecule has 0 bridgehead atoms. The minimum Gasteiger partial charge on any atom is -1.00 e. The number of pyridine rings is 1. The Labute approximate surface area is 162 Å². The van der Waals surface area contributed by atoms with Gasteiger partial charge in [-0.25, -0.2) is 4.99 Å². The summed E-state index contributed by atoms with van der Waals surface area (Å²) >= 11 is 0. The van der Waals surface area contributed by atoms with Crippen molar-refractivity contribution in [1.29, 1.82) is 0 Å². The highest BCUT2D eigenvalue weighted by molar-refractivity contribution is 5.83. The number of aliphatic imine (C=N–C) groups is 1. The highest BCUT2D eigenvalue weighted by atomic mass is 35.5. The fourth-order valence-electron chi connectivity index (χ4n) is 3.15. The molecule has 0 aliphatic rings. The molecule has 0 radical (unpaired) electrons. The summed E-state index contributed by atoms with van der Waals surface area (Å²) < 4.78 is 2.18. The Morgan fingerprint density at radius 2 is 1.65 bits per heavy atom. The average Bonchev–Trinajstić information content (AvgIpc) is 2.63. The van der Waals surface area contributed by atoms with Gasteiger partial charge in [0.2, 0.25) is 11.2 Å². The second kappa shape index (κ2) is 8.81. The van der Waals surface area contributed by atoms with Gasteiger partial charge in [-0.1, -0.05) is 11.6 Å². The van der Waals surface area contributed by atoms with Crippen LogP contribution in [0.4, 0.5) is 11.4 Å². The summed E-state index contributed by atoms with van der Waals surface area (Å²) in [7, 11) is 2.09. The Bertz CT molecular complexity index is 897. The van der Waals surface area contributed by atoms with Gasteiger partial charge in [-0.2, -0.15) is 4.57 Å². The van der Waals surface area contributed by atoms with E-state index in [9.17, 15) is 0 Å². The molecule has 0 fully saturated rings. The summed E-state index contributed by atoms with van der Waals surface area (Å²) in [5, 5.41) is 1.25. The lowest BCUT2D eigenvalue weighted by atomic mass is 10.1. The van der Waals surface area contributed by atoms with E-state index in [1.165, 1.54) is 22.2 Å². The molecule has 2 aromatic carbocycles. The van der Waals surface area contributed by atoms with Gasteiger partial charge in [0.1, 0.15) is 7.05 Å². The Hall–Kier alpha value is -2.39. The molecule has 1 aromatic heterocycles. The normalized spacial score (nSPS) is 10.9. The first-order valence-corrected chi connectivity index (χ1v) is 8.91. The Morgan fingerprint density at radius 3 is 2.31 bits per heavy atom. The zero-order valence-corrected chi connectivity index (χ0v) is 16.7. The third-order valence-electron chi connectivity index (χ3n) is 4.69. The minimum atomic E-state index is 0. The number of anilines is 1. The maximum absolute atomic E-state index is 4.65. The van der Waals surface area contributed by atoms with E-state index in [2.05, 4.69) is 96.9 Å². The van der Waals surface area contributed by atoms with E-state index in [0.29, 0.717) is 0 Å². The van der Waals surface area contributed by atoms with Crippen molar-refractivity contribution in [3.8, 4) is 0 Å². The predicted octanol–water partition coefficient (Wildman–Crippen LogP) is 1.57. The molecule has 0 atom stereocenters. The fourth-order valence-corrected chi connectivity index (χ4v) is 3.15. The van der Waals surface area contributed by atoms with Crippen molar-refractivity contribution in [3.05, 3.63) is 65.9 Å². The topological polar surface area (TPSA) is 19.5 Å². The average molecular weight is 368 g/mol. The maximum Gasteiger partial charge on any atom is 0.223 e. The van der Waals surface area contributed by atoms with Crippen LogP contribution in [-0.4, -0.2) is 19.3 Å². The van der Waals surface area contributed by atoms with Crippen molar-refractivity contribution in [1.82, 2.24) is 0 Å². The van der Waals surface area contributed by atoms with E-state index in [1.807, 2.05) is 6.21 Å². The third-order valence-corrected chi connectivity index (χ3v) is 4.69. The largest absolute Gasteiger partial charge is 1.00 e. The van der Waals surface area contributed by atoms with Gasteiger partial charge in [0.25, 0.3) is 0 Å². The molecular weight excluding hydrogens is 342 g/mol. The fraction of sp³-hybridized carbons (Fsp3) is 0.273. The van der Waals surface area contributed by atoms with Crippen LogP contribution in [0.1, 0.15) is 25.1 Å². The summed E-state index contributed by atoms with van der Waals surface area (Å²) in [4.78, 5) is 6.98. The number of hydrogen-bond donors (Lipinski definition) is 0. The van der Waals surface area contributed by atoms with Crippen molar-refractivity contribution < 1.29 is 17.0 Å². The van der Waals surface area contributed by atoms with E-state index in [0.717, 1.165) is 24.5 Å². The van der Waals surface area contributed by atoms with E-state index in [-0.39, 0.29) is 12.4 Å². The smallest absolute Gasteiger partial charge is 0.223 e. The van der Waals surface area contributed by atoms with E-state index in [4.69, 9.17) is 0 Å². The molecule has 4 heteroatoms. The monoisotopic (exact) mass is 367 g/mol. The lowest BCUT2D eigenvalue weighted by molar-refractivity contribution is -0.645. The summed E-state index contributed by atoms with van der Waals surface area (Å²) in [6, 6.07) is 19.2. The number of nitrogens with zero attached hydrogens (tertiary/aromatic N) is 3. The lowest BCUT2D eigenvalue weighted by Crippen LogP contribution is -3.00. The second-order valence-electron chi connectivity index (χ2n) is 6.33. The summed E-state index contributed by atoms with van der Waals surface area (Å²) in [6.07, 6.45) is 1.94. The number of fused-ring (bicyclic) bond motifs is 1. The molecule has 26 heavy (non-hydrogen) atoms. The molecule has 3 nitrogen and oxygen atoms in total. The molecule has 0 aliphatic carbocycles. The summed E-state index contributed by atoms with van der Waals surface area (Å²) in [5.74, 6) is 0. The molecule has 0 N–H and O–H groups in total. The molecule has 1 heterocycles. The van der Waals surface area contributed by atoms with E-state index in [1.54, 1.807) is 0 Å². The SMILES string of the molecule is CCN(CC)c1ccc(N=Cc2ccc3cc(C)ccc3[n+]2C)cc1.[Cl-]. The molecule has 3 rings (SSSR count). The highest BCUT2D eigenvalue weighted by Crippen LogP contribution is 2.19. The number of benzene rings is 2. The van der Waals surface area contributed by atoms with Crippen LogP contribution in [0.25, 0.3) is 10.9 Å². The van der Waals surface area contributed by atoms with E-state index < -0.39 is 0 Å². The first-order chi connectivity index (χ1) is 12.1. The third kappa shape index (κ3) is 4.23. The van der Waals surface area contributed by atoms with Crippen LogP contribution < -0.4 is 21.9 Å². The molecule has 0 saturated heterocycles. The zero-order valence-electron chi connectivity index (χ0n) is 15.9. The lowest BCUT2D eigenvalue weighted by Gasteiger charge is -2.20. The minimum absolute atomic E-state index is 0. The van der Waals surface area contributed by atoms with Crippen LogP contribution >= 0.6 is 0 Å². The predicted molar refractivity (Wildman–Crippen MR) is 107 cm³/mol. The highest BCUT2D eigenvalue weighted by Gasteiger charge is 2.09. The number of aromatic nitrogens is 1. The molecule has 0 aliphatic heterocycles. The standard InChI is InChI=1S/C22H26N3.ClH/c1-5-25(6-2)20-12-9-19(10-13-20)23-16-21-11-8-18-15-17(3)7-14-22(18)24(21)4;/h7-16H,5-6H2,1-4H3;1H/q+1;/p-1. The van der Waals surface area contributed by atoms with Crippen LogP contribution in [0.5, 0.6) is 0 Å². The van der Waals surface area contributed by atoms with Gasteiger partial charge < -0.3 is 17.3 Å². The Balaban J connectivity index is 0.00000243. The molecule has 136 valence electrons. The number of halogens is 1. The maximum atomic E-state index is 4.65. The van der Waals surface area contributed by atoms with Gasteiger partial charge in [-0.15, -0.1) is 0 Å². The molecule has 0 unspecified atom stereocenters. The van der Waals surface area contributed by atoms with E-state index >= 15 is 0 Å². The van der Waals surface area contributed by atoms with Crippen molar-refractivity contribution in [2.45, 2.75) is 20.8 Å². The van der Waals surface area contributed by atoms with Gasteiger partial charge in [-0.3, -0.25) is 0 Å². The second-order valence-corrected chi connectivity index (χ2v) is 6.33. The molecule has 0 saturated carbocycles. The molecule has 3 aromatic rings. The van der Waals surface area contributed by atoms with Gasteiger partial charge in [0, 0.05) is 36.3 Å². The van der Waals surface area contributed by atoms with Gasteiger partial charge in [-0.05, 0) is 57.2 Å². The quantitative estimate of drug-likeness (QED) is 0.495.